The molecule has 106 valence electrons. The largest absolute Gasteiger partial charge is 0.421 e. The highest BCUT2D eigenvalue weighted by Gasteiger charge is 2.10. The Morgan fingerprint density at radius 2 is 2.00 bits per heavy atom. The number of benzene rings is 1. The summed E-state index contributed by atoms with van der Waals surface area (Å²) in [6.07, 6.45) is 3.88. The lowest BCUT2D eigenvalue weighted by Crippen LogP contribution is -2.25. The number of aromatic nitrogens is 2. The third kappa shape index (κ3) is 3.42. The van der Waals surface area contributed by atoms with Gasteiger partial charge in [-0.15, -0.1) is 0 Å². The standard InChI is InChI=1S/C14H20N6/c1-11(10-15)16-12-4-6-13(7-5-12)17-18-14-19(2)8-9-20(14)3/h4-9,11H,10,15H2,1-3H3/p+1. The molecule has 2 aromatic rings. The van der Waals surface area contributed by atoms with Crippen LogP contribution in [0.5, 0.6) is 0 Å². The summed E-state index contributed by atoms with van der Waals surface area (Å²) in [5.74, 6) is 0.795. The third-order valence-electron chi connectivity index (χ3n) is 3.03. The first-order chi connectivity index (χ1) is 9.60. The number of imidazole rings is 1. The number of aryl methyl sites for hydroxylation is 2. The van der Waals surface area contributed by atoms with Gasteiger partial charge < -0.3 is 11.1 Å². The van der Waals surface area contributed by atoms with Gasteiger partial charge in [0.15, 0.2) is 0 Å². The highest BCUT2D eigenvalue weighted by molar-refractivity contribution is 5.51. The van der Waals surface area contributed by atoms with E-state index in [-0.39, 0.29) is 6.04 Å². The van der Waals surface area contributed by atoms with Crippen LogP contribution in [0.4, 0.5) is 17.3 Å². The Bertz CT molecular complexity index is 565. The van der Waals surface area contributed by atoms with Crippen LogP contribution in [-0.2, 0) is 14.1 Å². The molecule has 0 aliphatic heterocycles. The third-order valence-corrected chi connectivity index (χ3v) is 3.03. The average Bonchev–Trinajstić information content (AvgIpc) is 2.77. The Morgan fingerprint density at radius 1 is 1.30 bits per heavy atom. The molecule has 0 saturated carbocycles. The molecule has 1 atom stereocenters. The van der Waals surface area contributed by atoms with Gasteiger partial charge in [-0.1, -0.05) is 5.11 Å². The van der Waals surface area contributed by atoms with Crippen LogP contribution in [0.25, 0.3) is 0 Å². The monoisotopic (exact) mass is 273 g/mol. The van der Waals surface area contributed by atoms with Crippen LogP contribution in [-0.4, -0.2) is 17.2 Å². The zero-order valence-electron chi connectivity index (χ0n) is 12.1. The number of nitrogens with zero attached hydrogens (tertiary/aromatic N) is 4. The van der Waals surface area contributed by atoms with Gasteiger partial charge in [-0.25, -0.2) is 9.13 Å². The summed E-state index contributed by atoms with van der Waals surface area (Å²) in [5, 5.41) is 11.8. The smallest absolute Gasteiger partial charge is 0.381 e. The van der Waals surface area contributed by atoms with Crippen molar-refractivity contribution in [2.75, 3.05) is 11.9 Å². The summed E-state index contributed by atoms with van der Waals surface area (Å²) in [6.45, 7) is 2.65. The molecule has 6 heteroatoms. The molecule has 0 bridgehead atoms. The van der Waals surface area contributed by atoms with Crippen LogP contribution >= 0.6 is 0 Å². The summed E-state index contributed by atoms with van der Waals surface area (Å²) < 4.78 is 3.84. The van der Waals surface area contributed by atoms with Crippen molar-refractivity contribution in [3.8, 4) is 0 Å². The number of hydrogen-bond acceptors (Lipinski definition) is 4. The highest BCUT2D eigenvalue weighted by atomic mass is 15.3. The molecule has 6 nitrogen and oxygen atoms in total. The Labute approximate surface area is 118 Å². The Balaban J connectivity index is 2.07. The van der Waals surface area contributed by atoms with Gasteiger partial charge in [0.05, 0.1) is 26.5 Å². The molecule has 0 amide bonds. The normalized spacial score (nSPS) is 12.8. The molecular formula is C14H21N6+. The summed E-state index contributed by atoms with van der Waals surface area (Å²) in [6, 6.07) is 8.07. The van der Waals surface area contributed by atoms with Gasteiger partial charge in [0, 0.05) is 23.4 Å². The lowest BCUT2D eigenvalue weighted by Gasteiger charge is -2.12. The maximum Gasteiger partial charge on any atom is 0.421 e. The van der Waals surface area contributed by atoms with Gasteiger partial charge in [-0.3, -0.25) is 0 Å². The second-order valence-corrected chi connectivity index (χ2v) is 4.85. The molecule has 0 fully saturated rings. The minimum Gasteiger partial charge on any atom is -0.381 e. The van der Waals surface area contributed by atoms with Gasteiger partial charge in [0.25, 0.3) is 0 Å². The van der Waals surface area contributed by atoms with E-state index in [9.17, 15) is 0 Å². The van der Waals surface area contributed by atoms with Crippen molar-refractivity contribution in [3.63, 3.8) is 0 Å². The Morgan fingerprint density at radius 3 is 2.55 bits per heavy atom. The predicted octanol–water partition coefficient (Wildman–Crippen LogP) is 2.02. The minimum absolute atomic E-state index is 0.255. The first-order valence-electron chi connectivity index (χ1n) is 6.59. The summed E-state index contributed by atoms with van der Waals surface area (Å²) in [4.78, 5) is 0. The fraction of sp³-hybridized carbons (Fsp3) is 0.357. The van der Waals surface area contributed by atoms with E-state index in [2.05, 4.69) is 15.5 Å². The van der Waals surface area contributed by atoms with E-state index < -0.39 is 0 Å². The second kappa shape index (κ2) is 6.29. The molecule has 0 radical (unpaired) electrons. The second-order valence-electron chi connectivity index (χ2n) is 4.85. The number of azo groups is 1. The minimum atomic E-state index is 0.255. The summed E-state index contributed by atoms with van der Waals surface area (Å²) in [5.41, 5.74) is 7.43. The topological polar surface area (TPSA) is 71.6 Å². The number of anilines is 1. The Kier molecular flexibility index (Phi) is 4.47. The molecule has 0 saturated heterocycles. The molecule has 0 aliphatic carbocycles. The predicted molar refractivity (Wildman–Crippen MR) is 79.3 cm³/mol. The van der Waals surface area contributed by atoms with E-state index in [1.807, 2.05) is 66.8 Å². The van der Waals surface area contributed by atoms with Gasteiger partial charge in [-0.2, -0.15) is 0 Å². The van der Waals surface area contributed by atoms with Crippen LogP contribution in [0.3, 0.4) is 0 Å². The van der Waals surface area contributed by atoms with E-state index >= 15 is 0 Å². The molecule has 1 aromatic carbocycles. The van der Waals surface area contributed by atoms with Crippen molar-refractivity contribution in [2.24, 2.45) is 30.1 Å². The molecule has 2 rings (SSSR count). The number of nitrogens with two attached hydrogens (primary N) is 1. The van der Waals surface area contributed by atoms with Crippen molar-refractivity contribution >= 4 is 17.3 Å². The zero-order valence-corrected chi connectivity index (χ0v) is 12.1. The van der Waals surface area contributed by atoms with Crippen LogP contribution in [0.2, 0.25) is 0 Å². The number of hydrogen-bond donors (Lipinski definition) is 2. The van der Waals surface area contributed by atoms with Gasteiger partial charge in [0.1, 0.15) is 5.69 Å². The molecule has 1 aromatic heterocycles. The Hall–Kier alpha value is -2.21. The SMILES string of the molecule is CC(CN)Nc1ccc(N=Nc2n(C)cc[n+]2C)cc1. The van der Waals surface area contributed by atoms with Gasteiger partial charge in [0.2, 0.25) is 0 Å². The van der Waals surface area contributed by atoms with Crippen LogP contribution in [0.15, 0.2) is 46.9 Å². The lowest BCUT2D eigenvalue weighted by molar-refractivity contribution is -0.657. The quantitative estimate of drug-likeness (QED) is 0.646. The number of nitrogens with one attached hydrogen (secondary N) is 1. The molecule has 1 heterocycles. The molecule has 0 aliphatic rings. The maximum absolute atomic E-state index is 5.58. The first kappa shape index (κ1) is 14.2. The average molecular weight is 273 g/mol. The maximum atomic E-state index is 5.58. The van der Waals surface area contributed by atoms with Crippen molar-refractivity contribution in [1.82, 2.24) is 4.57 Å². The van der Waals surface area contributed by atoms with Crippen molar-refractivity contribution in [3.05, 3.63) is 36.7 Å². The van der Waals surface area contributed by atoms with E-state index in [1.165, 1.54) is 0 Å². The van der Waals surface area contributed by atoms with Crippen molar-refractivity contribution in [2.45, 2.75) is 13.0 Å². The van der Waals surface area contributed by atoms with Crippen LogP contribution < -0.4 is 15.6 Å². The molecule has 3 N–H and O–H groups in total. The fourth-order valence-electron chi connectivity index (χ4n) is 1.79. The van der Waals surface area contributed by atoms with Crippen molar-refractivity contribution in [1.29, 1.82) is 0 Å². The molecular weight excluding hydrogens is 252 g/mol. The lowest BCUT2D eigenvalue weighted by atomic mass is 10.2. The van der Waals surface area contributed by atoms with Gasteiger partial charge >= 0.3 is 5.95 Å². The van der Waals surface area contributed by atoms with E-state index in [4.69, 9.17) is 5.73 Å². The fourth-order valence-corrected chi connectivity index (χ4v) is 1.79. The zero-order chi connectivity index (χ0) is 14.5. The molecule has 20 heavy (non-hydrogen) atoms. The number of rotatable bonds is 5. The van der Waals surface area contributed by atoms with Gasteiger partial charge in [-0.05, 0) is 31.2 Å². The van der Waals surface area contributed by atoms with E-state index in [0.717, 1.165) is 17.3 Å². The first-order valence-corrected chi connectivity index (χ1v) is 6.59. The highest BCUT2D eigenvalue weighted by Crippen LogP contribution is 2.19. The molecule has 1 unspecified atom stereocenters. The summed E-state index contributed by atoms with van der Waals surface area (Å²) >= 11 is 0. The van der Waals surface area contributed by atoms with Crippen LogP contribution in [0, 0.1) is 0 Å². The summed E-state index contributed by atoms with van der Waals surface area (Å²) in [7, 11) is 3.88. The van der Waals surface area contributed by atoms with E-state index in [0.29, 0.717) is 6.54 Å². The van der Waals surface area contributed by atoms with E-state index in [1.54, 1.807) is 0 Å². The van der Waals surface area contributed by atoms with Crippen LogP contribution in [0.1, 0.15) is 6.92 Å². The van der Waals surface area contributed by atoms with Crippen molar-refractivity contribution < 1.29 is 4.57 Å². The molecule has 0 spiro atoms.